The minimum Gasteiger partial charge on any atom is -0.493 e. The van der Waals surface area contributed by atoms with E-state index in [2.05, 4.69) is 16.9 Å². The van der Waals surface area contributed by atoms with Gasteiger partial charge in [-0.2, -0.15) is 0 Å². The number of benzene rings is 2. The maximum atomic E-state index is 12.3. The SMILES string of the molecule is C=CCOc1ccc(C=C2SC(=Nc3ccc(C(=O)OCC)cc3)NC2=O)cc1OC. The van der Waals surface area contributed by atoms with Gasteiger partial charge in [0.2, 0.25) is 0 Å². The van der Waals surface area contributed by atoms with Crippen molar-refractivity contribution in [2.75, 3.05) is 20.3 Å². The largest absolute Gasteiger partial charge is 0.493 e. The topological polar surface area (TPSA) is 86.2 Å². The minimum atomic E-state index is -0.383. The molecule has 0 radical (unpaired) electrons. The van der Waals surface area contributed by atoms with Crippen molar-refractivity contribution in [2.24, 2.45) is 4.99 Å². The number of amidine groups is 1. The molecule has 0 spiro atoms. The van der Waals surface area contributed by atoms with Gasteiger partial charge in [0, 0.05) is 0 Å². The van der Waals surface area contributed by atoms with Gasteiger partial charge in [0.1, 0.15) is 6.61 Å². The molecule has 7 nitrogen and oxygen atoms in total. The summed E-state index contributed by atoms with van der Waals surface area (Å²) in [4.78, 5) is 29.0. The second-order valence-electron chi connectivity index (χ2n) is 6.26. The van der Waals surface area contributed by atoms with Gasteiger partial charge in [-0.25, -0.2) is 9.79 Å². The Morgan fingerprint density at radius 3 is 2.65 bits per heavy atom. The van der Waals surface area contributed by atoms with E-state index in [4.69, 9.17) is 14.2 Å². The van der Waals surface area contributed by atoms with Gasteiger partial charge in [-0.1, -0.05) is 18.7 Å². The summed E-state index contributed by atoms with van der Waals surface area (Å²) in [5.41, 5.74) is 1.85. The fourth-order valence-electron chi connectivity index (χ4n) is 2.68. The summed E-state index contributed by atoms with van der Waals surface area (Å²) < 4.78 is 15.9. The van der Waals surface area contributed by atoms with Crippen LogP contribution in [-0.2, 0) is 9.53 Å². The predicted molar refractivity (Wildman–Crippen MR) is 122 cm³/mol. The Hall–Kier alpha value is -3.52. The first-order chi connectivity index (χ1) is 15.0. The molecular weight excluding hydrogens is 416 g/mol. The maximum absolute atomic E-state index is 12.3. The number of hydrogen-bond donors (Lipinski definition) is 1. The Morgan fingerprint density at radius 2 is 1.97 bits per heavy atom. The van der Waals surface area contributed by atoms with E-state index in [0.29, 0.717) is 46.0 Å². The van der Waals surface area contributed by atoms with Gasteiger partial charge in [0.25, 0.3) is 5.91 Å². The zero-order chi connectivity index (χ0) is 22.2. The highest BCUT2D eigenvalue weighted by Gasteiger charge is 2.24. The summed E-state index contributed by atoms with van der Waals surface area (Å²) in [6.45, 7) is 6.07. The molecule has 1 amide bonds. The number of ether oxygens (including phenoxy) is 3. The van der Waals surface area contributed by atoms with Crippen LogP contribution >= 0.6 is 11.8 Å². The number of nitrogens with zero attached hydrogens (tertiary/aromatic N) is 1. The standard InChI is InChI=1S/C23H22N2O5S/c1-4-12-30-18-11-6-15(13-19(18)28-3)14-20-21(26)25-23(31-20)24-17-9-7-16(8-10-17)22(27)29-5-2/h4,6-11,13-14H,1,5,12H2,2-3H3,(H,24,25,26). The quantitative estimate of drug-likeness (QED) is 0.375. The first-order valence-electron chi connectivity index (χ1n) is 9.52. The second kappa shape index (κ2) is 10.5. The van der Waals surface area contributed by atoms with E-state index < -0.39 is 0 Å². The van der Waals surface area contributed by atoms with Gasteiger partial charge >= 0.3 is 5.97 Å². The van der Waals surface area contributed by atoms with Crippen molar-refractivity contribution in [1.29, 1.82) is 0 Å². The number of nitrogens with one attached hydrogen (secondary N) is 1. The highest BCUT2D eigenvalue weighted by molar-refractivity contribution is 8.18. The van der Waals surface area contributed by atoms with Crippen LogP contribution in [0.15, 0.2) is 65.0 Å². The van der Waals surface area contributed by atoms with Crippen molar-refractivity contribution >= 4 is 40.6 Å². The van der Waals surface area contributed by atoms with E-state index in [1.807, 2.05) is 6.07 Å². The van der Waals surface area contributed by atoms with E-state index in [1.54, 1.807) is 62.6 Å². The fourth-order valence-corrected chi connectivity index (χ4v) is 3.52. The molecule has 0 atom stereocenters. The zero-order valence-corrected chi connectivity index (χ0v) is 18.0. The van der Waals surface area contributed by atoms with E-state index in [1.165, 1.54) is 11.8 Å². The second-order valence-corrected chi connectivity index (χ2v) is 7.29. The summed E-state index contributed by atoms with van der Waals surface area (Å²) in [5.74, 6) is 0.543. The van der Waals surface area contributed by atoms with Crippen molar-refractivity contribution in [1.82, 2.24) is 5.32 Å². The van der Waals surface area contributed by atoms with Gasteiger partial charge in [-0.05, 0) is 66.7 Å². The van der Waals surface area contributed by atoms with Crippen LogP contribution in [-0.4, -0.2) is 37.4 Å². The average Bonchev–Trinajstić information content (AvgIpc) is 3.11. The number of methoxy groups -OCH3 is 1. The molecule has 1 aliphatic heterocycles. The Morgan fingerprint density at radius 1 is 1.19 bits per heavy atom. The van der Waals surface area contributed by atoms with Crippen molar-refractivity contribution in [3.63, 3.8) is 0 Å². The molecule has 3 rings (SSSR count). The Balaban J connectivity index is 1.74. The zero-order valence-electron chi connectivity index (χ0n) is 17.2. The summed E-state index contributed by atoms with van der Waals surface area (Å²) >= 11 is 1.23. The predicted octanol–water partition coefficient (Wildman–Crippen LogP) is 4.33. The first-order valence-corrected chi connectivity index (χ1v) is 10.3. The Labute approximate surface area is 184 Å². The lowest BCUT2D eigenvalue weighted by atomic mass is 10.2. The van der Waals surface area contributed by atoms with E-state index in [-0.39, 0.29) is 11.9 Å². The number of aliphatic imine (C=N–C) groups is 1. The molecule has 0 unspecified atom stereocenters. The monoisotopic (exact) mass is 438 g/mol. The third-order valence-electron chi connectivity index (χ3n) is 4.10. The number of rotatable bonds is 8. The summed E-state index contributed by atoms with van der Waals surface area (Å²) in [6.07, 6.45) is 3.41. The highest BCUT2D eigenvalue weighted by atomic mass is 32.2. The summed E-state index contributed by atoms with van der Waals surface area (Å²) in [7, 11) is 1.56. The van der Waals surface area contributed by atoms with Gasteiger partial charge in [0.15, 0.2) is 16.7 Å². The molecule has 160 valence electrons. The van der Waals surface area contributed by atoms with E-state index in [0.717, 1.165) is 5.56 Å². The van der Waals surface area contributed by atoms with E-state index in [9.17, 15) is 9.59 Å². The molecule has 31 heavy (non-hydrogen) atoms. The molecule has 1 aliphatic rings. The van der Waals surface area contributed by atoms with Gasteiger partial charge in [0.05, 0.1) is 29.9 Å². The van der Waals surface area contributed by atoms with Crippen LogP contribution in [0.4, 0.5) is 5.69 Å². The molecule has 2 aromatic carbocycles. The molecular formula is C23H22N2O5S. The van der Waals surface area contributed by atoms with Crippen LogP contribution in [0.25, 0.3) is 6.08 Å². The van der Waals surface area contributed by atoms with Gasteiger partial charge in [-0.15, -0.1) is 0 Å². The highest BCUT2D eigenvalue weighted by Crippen LogP contribution is 2.32. The summed E-state index contributed by atoms with van der Waals surface area (Å²) in [6, 6.07) is 12.1. The minimum absolute atomic E-state index is 0.238. The lowest BCUT2D eigenvalue weighted by molar-refractivity contribution is -0.115. The van der Waals surface area contributed by atoms with Crippen LogP contribution in [0.1, 0.15) is 22.8 Å². The lowest BCUT2D eigenvalue weighted by Crippen LogP contribution is -2.19. The number of esters is 1. The Bertz CT molecular complexity index is 1040. The number of carbonyl (C=O) groups is 2. The van der Waals surface area contributed by atoms with Crippen molar-refractivity contribution in [3.8, 4) is 11.5 Å². The van der Waals surface area contributed by atoms with Gasteiger partial charge < -0.3 is 19.5 Å². The normalized spacial score (nSPS) is 15.6. The van der Waals surface area contributed by atoms with Crippen LogP contribution in [0.3, 0.4) is 0 Å². The molecule has 0 aliphatic carbocycles. The van der Waals surface area contributed by atoms with Crippen LogP contribution in [0.5, 0.6) is 11.5 Å². The third kappa shape index (κ3) is 5.76. The number of hydrogen-bond acceptors (Lipinski definition) is 7. The Kier molecular flexibility index (Phi) is 7.50. The van der Waals surface area contributed by atoms with Crippen molar-refractivity contribution in [2.45, 2.75) is 6.92 Å². The first kappa shape index (κ1) is 22.2. The molecule has 2 aromatic rings. The molecule has 1 saturated heterocycles. The van der Waals surface area contributed by atoms with Crippen LogP contribution in [0, 0.1) is 0 Å². The molecule has 1 fully saturated rings. The maximum Gasteiger partial charge on any atom is 0.338 e. The van der Waals surface area contributed by atoms with Crippen LogP contribution in [0.2, 0.25) is 0 Å². The molecule has 1 N–H and O–H groups in total. The van der Waals surface area contributed by atoms with Crippen molar-refractivity contribution in [3.05, 3.63) is 71.2 Å². The molecule has 8 heteroatoms. The average molecular weight is 439 g/mol. The number of carbonyl (C=O) groups excluding carboxylic acids is 2. The third-order valence-corrected chi connectivity index (χ3v) is 5.01. The molecule has 0 saturated carbocycles. The van der Waals surface area contributed by atoms with E-state index >= 15 is 0 Å². The van der Waals surface area contributed by atoms with Gasteiger partial charge in [-0.3, -0.25) is 4.79 Å². The smallest absolute Gasteiger partial charge is 0.338 e. The fraction of sp³-hybridized carbons (Fsp3) is 0.174. The molecule has 0 aromatic heterocycles. The number of thioether (sulfide) groups is 1. The molecule has 1 heterocycles. The number of amides is 1. The van der Waals surface area contributed by atoms with Crippen LogP contribution < -0.4 is 14.8 Å². The summed E-state index contributed by atoms with van der Waals surface area (Å²) in [5, 5.41) is 3.20. The lowest BCUT2D eigenvalue weighted by Gasteiger charge is -2.09. The molecule has 0 bridgehead atoms. The van der Waals surface area contributed by atoms with Crippen molar-refractivity contribution < 1.29 is 23.8 Å².